The van der Waals surface area contributed by atoms with E-state index < -0.39 is 0 Å². The second-order valence-electron chi connectivity index (χ2n) is 7.72. The van der Waals surface area contributed by atoms with Crippen molar-refractivity contribution in [2.45, 2.75) is 45.6 Å². The highest BCUT2D eigenvalue weighted by molar-refractivity contribution is 5.94. The van der Waals surface area contributed by atoms with Crippen LogP contribution < -0.4 is 10.1 Å². The Labute approximate surface area is 168 Å². The molecule has 1 saturated carbocycles. The summed E-state index contributed by atoms with van der Waals surface area (Å²) in [6, 6.07) is 7.35. The van der Waals surface area contributed by atoms with Crippen LogP contribution in [0.25, 0.3) is 0 Å². The maximum atomic E-state index is 12.3. The summed E-state index contributed by atoms with van der Waals surface area (Å²) >= 11 is 0. The highest BCUT2D eigenvalue weighted by Crippen LogP contribution is 2.32. The Hall–Kier alpha value is -2.08. The summed E-state index contributed by atoms with van der Waals surface area (Å²) in [5, 5.41) is 2.97. The third kappa shape index (κ3) is 5.71. The van der Waals surface area contributed by atoms with Crippen molar-refractivity contribution in [3.8, 4) is 5.75 Å². The third-order valence-corrected chi connectivity index (χ3v) is 5.71. The number of nitrogens with zero attached hydrogens (tertiary/aromatic N) is 2. The Balaban J connectivity index is 1.40. The molecule has 28 heavy (non-hydrogen) atoms. The van der Waals surface area contributed by atoms with Crippen LogP contribution in [0.15, 0.2) is 24.3 Å². The fourth-order valence-electron chi connectivity index (χ4n) is 3.63. The van der Waals surface area contributed by atoms with Gasteiger partial charge in [-0.2, -0.15) is 0 Å². The molecule has 6 nitrogen and oxygen atoms in total. The van der Waals surface area contributed by atoms with Gasteiger partial charge in [0.25, 0.3) is 5.91 Å². The number of hydrogen-bond acceptors (Lipinski definition) is 4. The fraction of sp³-hybridized carbons (Fsp3) is 0.636. The van der Waals surface area contributed by atoms with E-state index in [1.165, 1.54) is 0 Å². The standard InChI is InChI=1S/C22H33N3O3/c1-3-24(4-2)16-13-23-21(26)17-7-9-19(10-8-17)28-20-11-14-25(15-12-20)22(27)18-5-6-18/h7-10,18,20H,3-6,11-16H2,1-2H3,(H,23,26). The molecule has 2 fully saturated rings. The third-order valence-electron chi connectivity index (χ3n) is 5.71. The molecule has 0 bridgehead atoms. The Morgan fingerprint density at radius 3 is 2.29 bits per heavy atom. The van der Waals surface area contributed by atoms with Gasteiger partial charge in [0, 0.05) is 50.5 Å². The minimum atomic E-state index is -0.0504. The number of rotatable bonds is 9. The number of carbonyl (C=O) groups is 2. The highest BCUT2D eigenvalue weighted by atomic mass is 16.5. The number of ether oxygens (including phenoxy) is 1. The van der Waals surface area contributed by atoms with Crippen molar-refractivity contribution in [3.63, 3.8) is 0 Å². The molecule has 1 N–H and O–H groups in total. The van der Waals surface area contributed by atoms with Gasteiger partial charge in [-0.25, -0.2) is 0 Å². The molecule has 0 radical (unpaired) electrons. The molecule has 0 spiro atoms. The summed E-state index contributed by atoms with van der Waals surface area (Å²) in [6.07, 6.45) is 3.99. The van der Waals surface area contributed by atoms with E-state index in [4.69, 9.17) is 4.74 Å². The van der Waals surface area contributed by atoms with Crippen molar-refractivity contribution in [2.75, 3.05) is 39.3 Å². The van der Waals surface area contributed by atoms with E-state index in [1.807, 2.05) is 29.2 Å². The lowest BCUT2D eigenvalue weighted by atomic mass is 10.1. The van der Waals surface area contributed by atoms with Crippen LogP contribution in [-0.4, -0.2) is 67.0 Å². The Morgan fingerprint density at radius 2 is 1.71 bits per heavy atom. The predicted molar refractivity (Wildman–Crippen MR) is 110 cm³/mol. The van der Waals surface area contributed by atoms with Crippen molar-refractivity contribution in [1.29, 1.82) is 0 Å². The summed E-state index contributed by atoms with van der Waals surface area (Å²) in [7, 11) is 0. The number of hydrogen-bond donors (Lipinski definition) is 1. The van der Waals surface area contributed by atoms with Crippen LogP contribution in [0.2, 0.25) is 0 Å². The minimum absolute atomic E-state index is 0.0504. The molecule has 1 heterocycles. The SMILES string of the molecule is CCN(CC)CCNC(=O)c1ccc(OC2CCN(C(=O)C3CC3)CC2)cc1. The highest BCUT2D eigenvalue weighted by Gasteiger charge is 2.35. The second-order valence-corrected chi connectivity index (χ2v) is 7.72. The molecule has 154 valence electrons. The van der Waals surface area contributed by atoms with Gasteiger partial charge in [0.1, 0.15) is 11.9 Å². The van der Waals surface area contributed by atoms with E-state index >= 15 is 0 Å². The number of likely N-dealkylation sites (tertiary alicyclic amines) is 1. The minimum Gasteiger partial charge on any atom is -0.490 e. The van der Waals surface area contributed by atoms with Crippen LogP contribution in [0.5, 0.6) is 5.75 Å². The van der Waals surface area contributed by atoms with Crippen LogP contribution in [0.3, 0.4) is 0 Å². The molecule has 3 rings (SSSR count). The Morgan fingerprint density at radius 1 is 1.07 bits per heavy atom. The largest absolute Gasteiger partial charge is 0.490 e. The van der Waals surface area contributed by atoms with Gasteiger partial charge in [-0.15, -0.1) is 0 Å². The van der Waals surface area contributed by atoms with Gasteiger partial charge in [-0.1, -0.05) is 13.8 Å². The van der Waals surface area contributed by atoms with E-state index in [0.29, 0.717) is 23.9 Å². The summed E-state index contributed by atoms with van der Waals surface area (Å²) < 4.78 is 6.06. The van der Waals surface area contributed by atoms with Crippen LogP contribution in [0.1, 0.15) is 49.9 Å². The number of likely N-dealkylation sites (N-methyl/N-ethyl adjacent to an activating group) is 1. The summed E-state index contributed by atoms with van der Waals surface area (Å²) in [5.41, 5.74) is 0.650. The van der Waals surface area contributed by atoms with Crippen molar-refractivity contribution < 1.29 is 14.3 Å². The molecule has 6 heteroatoms. The van der Waals surface area contributed by atoms with Gasteiger partial charge in [0.15, 0.2) is 0 Å². The fourth-order valence-corrected chi connectivity index (χ4v) is 3.63. The van der Waals surface area contributed by atoms with E-state index in [2.05, 4.69) is 24.1 Å². The molecule has 2 amide bonds. The van der Waals surface area contributed by atoms with E-state index in [0.717, 1.165) is 64.2 Å². The molecular formula is C22H33N3O3. The quantitative estimate of drug-likeness (QED) is 0.707. The summed E-state index contributed by atoms with van der Waals surface area (Å²) in [4.78, 5) is 28.6. The first-order valence-corrected chi connectivity index (χ1v) is 10.7. The monoisotopic (exact) mass is 387 g/mol. The van der Waals surface area contributed by atoms with E-state index in [9.17, 15) is 9.59 Å². The van der Waals surface area contributed by atoms with Gasteiger partial charge in [-0.3, -0.25) is 9.59 Å². The number of benzene rings is 1. The van der Waals surface area contributed by atoms with Crippen molar-refractivity contribution >= 4 is 11.8 Å². The molecule has 1 aromatic carbocycles. The maximum absolute atomic E-state index is 12.3. The lowest BCUT2D eigenvalue weighted by Gasteiger charge is -2.32. The first-order chi connectivity index (χ1) is 13.6. The second kappa shape index (κ2) is 9.92. The van der Waals surface area contributed by atoms with Crippen LogP contribution in [0.4, 0.5) is 0 Å². The lowest BCUT2D eigenvalue weighted by Crippen LogP contribution is -2.42. The predicted octanol–water partition coefficient (Wildman–Crippen LogP) is 2.54. The maximum Gasteiger partial charge on any atom is 0.251 e. The molecule has 1 aliphatic carbocycles. The van der Waals surface area contributed by atoms with Gasteiger partial charge in [-0.05, 0) is 50.2 Å². The van der Waals surface area contributed by atoms with E-state index in [1.54, 1.807) is 0 Å². The number of amides is 2. The summed E-state index contributed by atoms with van der Waals surface area (Å²) in [6.45, 7) is 9.31. The molecule has 1 saturated heterocycles. The molecule has 0 unspecified atom stereocenters. The van der Waals surface area contributed by atoms with Crippen molar-refractivity contribution in [1.82, 2.24) is 15.1 Å². The zero-order valence-corrected chi connectivity index (χ0v) is 17.2. The van der Waals surface area contributed by atoms with E-state index in [-0.39, 0.29) is 12.0 Å². The topological polar surface area (TPSA) is 61.9 Å². The zero-order chi connectivity index (χ0) is 19.9. The van der Waals surface area contributed by atoms with Crippen LogP contribution >= 0.6 is 0 Å². The normalized spacial score (nSPS) is 17.6. The average Bonchev–Trinajstić information content (AvgIpc) is 3.57. The lowest BCUT2D eigenvalue weighted by molar-refractivity contribution is -0.134. The molecule has 2 aliphatic rings. The molecular weight excluding hydrogens is 354 g/mol. The van der Waals surface area contributed by atoms with Crippen molar-refractivity contribution in [3.05, 3.63) is 29.8 Å². The van der Waals surface area contributed by atoms with Gasteiger partial charge >= 0.3 is 0 Å². The van der Waals surface area contributed by atoms with Gasteiger partial charge < -0.3 is 19.9 Å². The molecule has 0 atom stereocenters. The Kier molecular flexibility index (Phi) is 7.31. The first-order valence-electron chi connectivity index (χ1n) is 10.7. The number of nitrogens with one attached hydrogen (secondary N) is 1. The molecule has 0 aromatic heterocycles. The smallest absolute Gasteiger partial charge is 0.251 e. The Bertz CT molecular complexity index is 645. The summed E-state index contributed by atoms with van der Waals surface area (Å²) in [5.74, 6) is 1.36. The zero-order valence-electron chi connectivity index (χ0n) is 17.2. The molecule has 1 aliphatic heterocycles. The van der Waals surface area contributed by atoms with Crippen LogP contribution in [0, 0.1) is 5.92 Å². The average molecular weight is 388 g/mol. The van der Waals surface area contributed by atoms with Gasteiger partial charge in [0.2, 0.25) is 5.91 Å². The first kappa shape index (κ1) is 20.6. The number of carbonyl (C=O) groups excluding carboxylic acids is 2. The van der Waals surface area contributed by atoms with Crippen molar-refractivity contribution in [2.24, 2.45) is 5.92 Å². The molecule has 1 aromatic rings. The van der Waals surface area contributed by atoms with Crippen LogP contribution in [-0.2, 0) is 4.79 Å². The number of piperidine rings is 1. The van der Waals surface area contributed by atoms with Gasteiger partial charge in [0.05, 0.1) is 0 Å².